The first-order valence-electron chi connectivity index (χ1n) is 16.3. The summed E-state index contributed by atoms with van der Waals surface area (Å²) in [6.45, 7) is 13.3. The van der Waals surface area contributed by atoms with Crippen LogP contribution in [0.5, 0.6) is 0 Å². The van der Waals surface area contributed by atoms with Gasteiger partial charge in [-0.15, -0.1) is 0 Å². The van der Waals surface area contributed by atoms with E-state index >= 15 is 0 Å². The minimum absolute atomic E-state index is 0.0249. The number of carbonyl (C=O) groups is 2. The van der Waals surface area contributed by atoms with Gasteiger partial charge in [-0.05, 0) is 96.2 Å². The monoisotopic (exact) mass is 680 g/mol. The Kier molecular flexibility index (Phi) is 11.6. The van der Waals surface area contributed by atoms with Gasteiger partial charge in [-0.3, -0.25) is 9.69 Å². The Morgan fingerprint density at radius 1 is 0.875 bits per heavy atom. The Bertz CT molecular complexity index is 1650. The van der Waals surface area contributed by atoms with Crippen LogP contribution in [0.2, 0.25) is 0 Å². The number of pyridine rings is 2. The lowest BCUT2D eigenvalue weighted by Gasteiger charge is -2.28. The molecule has 0 radical (unpaired) electrons. The number of rotatable bonds is 14. The van der Waals surface area contributed by atoms with Crippen molar-refractivity contribution in [2.24, 2.45) is 0 Å². The molecule has 0 N–H and O–H groups in total. The van der Waals surface area contributed by atoms with Crippen molar-refractivity contribution in [1.82, 2.24) is 14.3 Å². The summed E-state index contributed by atoms with van der Waals surface area (Å²) in [6.07, 6.45) is 3.74. The Hall–Kier alpha value is -3.87. The van der Waals surface area contributed by atoms with Crippen molar-refractivity contribution in [3.63, 3.8) is 0 Å². The maximum absolute atomic E-state index is 14.0. The summed E-state index contributed by atoms with van der Waals surface area (Å²) in [5.74, 6) is -0.527. The molecule has 0 atom stereocenters. The number of carbonyl (C=O) groups excluding carboxylic acids is 2. The van der Waals surface area contributed by atoms with E-state index in [-0.39, 0.29) is 29.3 Å². The zero-order valence-corrected chi connectivity index (χ0v) is 29.9. The summed E-state index contributed by atoms with van der Waals surface area (Å²) >= 11 is 0. The van der Waals surface area contributed by atoms with Crippen LogP contribution in [0.15, 0.2) is 71.9 Å². The van der Waals surface area contributed by atoms with Gasteiger partial charge in [0.1, 0.15) is 23.6 Å². The molecule has 0 saturated heterocycles. The van der Waals surface area contributed by atoms with Crippen molar-refractivity contribution in [3.05, 3.63) is 83.7 Å². The molecule has 1 aliphatic rings. The van der Waals surface area contributed by atoms with Crippen LogP contribution in [-0.2, 0) is 47.5 Å². The molecule has 4 rings (SSSR count). The van der Waals surface area contributed by atoms with E-state index in [0.29, 0.717) is 12.3 Å². The van der Waals surface area contributed by atoms with Gasteiger partial charge < -0.3 is 14.2 Å². The number of anilines is 1. The summed E-state index contributed by atoms with van der Waals surface area (Å²) in [6, 6.07) is 17.6. The fourth-order valence-electron chi connectivity index (χ4n) is 5.05. The van der Waals surface area contributed by atoms with Gasteiger partial charge in [-0.1, -0.05) is 43.3 Å². The zero-order valence-electron chi connectivity index (χ0n) is 29.1. The first-order chi connectivity index (χ1) is 22.5. The molecule has 11 nitrogen and oxygen atoms in total. The van der Waals surface area contributed by atoms with Crippen molar-refractivity contribution in [1.29, 1.82) is 0 Å². The standard InChI is InChI=1S/C36H48N4O7S/c1-8-22-45-26-36(19-20-36)28-17-15-27(16-18-28)23-39(48(43,44)31-14-9-10-21-37-31)24-29-12-11-13-30(38-29)40(33(42)47-35(5,6)7)25-32(41)46-34(2,3)4/h9-18,21H,8,19-20,22-26H2,1-7H3. The van der Waals surface area contributed by atoms with E-state index in [4.69, 9.17) is 14.2 Å². The lowest BCUT2D eigenvalue weighted by atomic mass is 9.96. The predicted molar refractivity (Wildman–Crippen MR) is 183 cm³/mol. The molecule has 1 amide bonds. The Labute approximate surface area is 284 Å². The average molecular weight is 681 g/mol. The van der Waals surface area contributed by atoms with Crippen molar-refractivity contribution >= 4 is 27.9 Å². The summed E-state index contributed by atoms with van der Waals surface area (Å²) in [4.78, 5) is 36.0. The van der Waals surface area contributed by atoms with Gasteiger partial charge in [0.25, 0.3) is 10.0 Å². The van der Waals surface area contributed by atoms with Crippen LogP contribution in [0.3, 0.4) is 0 Å². The van der Waals surface area contributed by atoms with Crippen molar-refractivity contribution in [2.75, 3.05) is 24.7 Å². The van der Waals surface area contributed by atoms with Crippen molar-refractivity contribution in [2.45, 2.75) is 102 Å². The smallest absolute Gasteiger partial charge is 0.416 e. The molecule has 1 aromatic carbocycles. The molecule has 2 aromatic heterocycles. The van der Waals surface area contributed by atoms with E-state index in [1.807, 2.05) is 12.1 Å². The third-order valence-corrected chi connectivity index (χ3v) is 9.18. The maximum Gasteiger partial charge on any atom is 0.416 e. The second kappa shape index (κ2) is 15.1. The van der Waals surface area contributed by atoms with Crippen LogP contribution in [-0.4, -0.2) is 65.7 Å². The lowest BCUT2D eigenvalue weighted by molar-refractivity contribution is -0.153. The van der Waals surface area contributed by atoms with Crippen LogP contribution < -0.4 is 4.90 Å². The molecule has 48 heavy (non-hydrogen) atoms. The van der Waals surface area contributed by atoms with Gasteiger partial charge >= 0.3 is 12.1 Å². The van der Waals surface area contributed by atoms with Gasteiger partial charge in [0.05, 0.1) is 18.8 Å². The number of ether oxygens (including phenoxy) is 3. The van der Waals surface area contributed by atoms with Gasteiger partial charge in [-0.2, -0.15) is 4.31 Å². The maximum atomic E-state index is 14.0. The molecule has 0 spiro atoms. The summed E-state index contributed by atoms with van der Waals surface area (Å²) in [5.41, 5.74) is 0.740. The molecule has 0 bridgehead atoms. The molecule has 1 saturated carbocycles. The molecular weight excluding hydrogens is 632 g/mol. The molecule has 2 heterocycles. The number of sulfonamides is 1. The molecule has 0 aliphatic heterocycles. The largest absolute Gasteiger partial charge is 0.459 e. The Balaban J connectivity index is 1.63. The number of hydrogen-bond donors (Lipinski definition) is 0. The zero-order chi connectivity index (χ0) is 35.2. The highest BCUT2D eigenvalue weighted by molar-refractivity contribution is 7.89. The highest BCUT2D eigenvalue weighted by atomic mass is 32.2. The quantitative estimate of drug-likeness (QED) is 0.140. The highest BCUT2D eigenvalue weighted by Crippen LogP contribution is 2.48. The molecular formula is C36H48N4O7S. The molecule has 12 heteroatoms. The van der Waals surface area contributed by atoms with Crippen LogP contribution in [0, 0.1) is 0 Å². The third kappa shape index (κ3) is 10.3. The second-order valence-electron chi connectivity index (χ2n) is 14.1. The number of amides is 1. The van der Waals surface area contributed by atoms with Gasteiger partial charge in [-0.25, -0.2) is 23.2 Å². The topological polar surface area (TPSA) is 128 Å². The number of esters is 1. The first-order valence-corrected chi connectivity index (χ1v) is 17.7. The lowest BCUT2D eigenvalue weighted by Crippen LogP contribution is -2.42. The third-order valence-electron chi connectivity index (χ3n) is 7.48. The molecule has 3 aromatic rings. The summed E-state index contributed by atoms with van der Waals surface area (Å²) in [7, 11) is -4.07. The van der Waals surface area contributed by atoms with Crippen LogP contribution in [0.25, 0.3) is 0 Å². The highest BCUT2D eigenvalue weighted by Gasteiger charge is 2.44. The van der Waals surface area contributed by atoms with E-state index in [1.54, 1.807) is 71.9 Å². The Morgan fingerprint density at radius 2 is 1.56 bits per heavy atom. The minimum atomic E-state index is -4.07. The van der Waals surface area contributed by atoms with Crippen LogP contribution in [0.4, 0.5) is 10.6 Å². The summed E-state index contributed by atoms with van der Waals surface area (Å²) in [5, 5.41) is -0.0944. The normalized spacial score (nSPS) is 14.4. The fourth-order valence-corrected chi connectivity index (χ4v) is 6.38. The van der Waals surface area contributed by atoms with Gasteiger partial charge in [0.2, 0.25) is 0 Å². The SMILES string of the molecule is CCCOCC1(c2ccc(CN(Cc3cccc(N(CC(=O)OC(C)(C)C)C(=O)OC(C)(C)C)n3)S(=O)(=O)c3ccccn3)cc2)CC1. The predicted octanol–water partition coefficient (Wildman–Crippen LogP) is 6.41. The van der Waals surface area contributed by atoms with Gasteiger partial charge in [0.15, 0.2) is 5.03 Å². The van der Waals surface area contributed by atoms with Crippen LogP contribution in [0.1, 0.15) is 84.5 Å². The molecule has 0 unspecified atom stereocenters. The molecule has 1 aliphatic carbocycles. The average Bonchev–Trinajstić information content (AvgIpc) is 3.80. The van der Waals surface area contributed by atoms with Crippen molar-refractivity contribution in [3.8, 4) is 0 Å². The van der Waals surface area contributed by atoms with Crippen LogP contribution >= 0.6 is 0 Å². The number of hydrogen-bond acceptors (Lipinski definition) is 9. The van der Waals surface area contributed by atoms with E-state index in [2.05, 4.69) is 29.0 Å². The number of benzene rings is 1. The van der Waals surface area contributed by atoms with E-state index < -0.39 is 39.8 Å². The second-order valence-corrected chi connectivity index (χ2v) is 16.0. The molecule has 1 fully saturated rings. The number of nitrogens with zero attached hydrogens (tertiary/aromatic N) is 4. The Morgan fingerprint density at radius 3 is 2.15 bits per heavy atom. The van der Waals surface area contributed by atoms with E-state index in [1.165, 1.54) is 22.1 Å². The molecule has 260 valence electrons. The first kappa shape index (κ1) is 37.0. The van der Waals surface area contributed by atoms with Gasteiger partial charge in [0, 0.05) is 24.8 Å². The van der Waals surface area contributed by atoms with Crippen molar-refractivity contribution < 1.29 is 32.2 Å². The van der Waals surface area contributed by atoms with E-state index in [0.717, 1.165) is 36.3 Å². The minimum Gasteiger partial charge on any atom is -0.459 e. The van der Waals surface area contributed by atoms with E-state index in [9.17, 15) is 18.0 Å². The fraction of sp³-hybridized carbons (Fsp3) is 0.500. The summed E-state index contributed by atoms with van der Waals surface area (Å²) < 4.78 is 46.1. The number of aromatic nitrogens is 2.